The van der Waals surface area contributed by atoms with Crippen LogP contribution in [0.2, 0.25) is 0 Å². The average molecular weight is 549 g/mol. The van der Waals surface area contributed by atoms with Gasteiger partial charge in [0, 0.05) is 11.8 Å². The zero-order valence-electron chi connectivity index (χ0n) is 23.2. The quantitative estimate of drug-likeness (QED) is 0.440. The fourth-order valence-electron chi connectivity index (χ4n) is 10.3. The van der Waals surface area contributed by atoms with Crippen LogP contribution < -0.4 is 0 Å². The summed E-state index contributed by atoms with van der Waals surface area (Å²) < 4.78 is 24.2. The number of cyclic esters (lactones) is 1. The Hall–Kier alpha value is -1.59. The van der Waals surface area contributed by atoms with Gasteiger partial charge in [-0.05, 0) is 63.2 Å². The smallest absolute Gasteiger partial charge is 0.309 e. The number of hydrogen-bond acceptors (Lipinski definition) is 10. The largest absolute Gasteiger partial charge is 0.459 e. The number of aliphatic hydroxyl groups is 3. The number of esters is 2. The molecule has 2 spiro atoms. The minimum Gasteiger partial charge on any atom is -0.459 e. The summed E-state index contributed by atoms with van der Waals surface area (Å²) in [5.74, 6) is -5.88. The van der Waals surface area contributed by atoms with Crippen molar-refractivity contribution in [2.45, 2.75) is 120 Å². The maximum atomic E-state index is 14.1. The molecule has 7 aliphatic rings. The first-order valence-electron chi connectivity index (χ1n) is 14.6. The number of ether oxygens (including phenoxy) is 4. The molecule has 216 valence electrons. The van der Waals surface area contributed by atoms with Crippen molar-refractivity contribution in [2.75, 3.05) is 0 Å². The zero-order chi connectivity index (χ0) is 28.1. The molecule has 3 N–H and O–H groups in total. The lowest BCUT2D eigenvalue weighted by atomic mass is 9.67. The van der Waals surface area contributed by atoms with Gasteiger partial charge >= 0.3 is 11.9 Å². The maximum absolute atomic E-state index is 14.1. The van der Waals surface area contributed by atoms with Gasteiger partial charge in [-0.1, -0.05) is 20.8 Å². The summed E-state index contributed by atoms with van der Waals surface area (Å²) in [4.78, 5) is 38.6. The topological polar surface area (TPSA) is 149 Å². The van der Waals surface area contributed by atoms with Crippen LogP contribution in [0.1, 0.15) is 73.1 Å². The van der Waals surface area contributed by atoms with Gasteiger partial charge in [-0.3, -0.25) is 14.4 Å². The van der Waals surface area contributed by atoms with E-state index in [0.29, 0.717) is 32.1 Å². The lowest BCUT2D eigenvalue weighted by molar-refractivity contribution is -0.276. The van der Waals surface area contributed by atoms with Gasteiger partial charge < -0.3 is 34.3 Å². The molecule has 0 radical (unpaired) electrons. The van der Waals surface area contributed by atoms with Crippen molar-refractivity contribution in [3.05, 3.63) is 0 Å². The van der Waals surface area contributed by atoms with Crippen LogP contribution in [0.4, 0.5) is 0 Å². The molecule has 14 unspecified atom stereocenters. The molecule has 5 aliphatic heterocycles. The lowest BCUT2D eigenvalue weighted by Gasteiger charge is -2.45. The summed E-state index contributed by atoms with van der Waals surface area (Å²) in [6.07, 6.45) is -1.40. The van der Waals surface area contributed by atoms with E-state index in [1.807, 2.05) is 27.7 Å². The summed E-state index contributed by atoms with van der Waals surface area (Å²) in [5, 5.41) is 35.5. The van der Waals surface area contributed by atoms with E-state index in [4.69, 9.17) is 18.9 Å². The van der Waals surface area contributed by atoms with Gasteiger partial charge in [-0.25, -0.2) is 0 Å². The zero-order valence-corrected chi connectivity index (χ0v) is 23.2. The van der Waals surface area contributed by atoms with Crippen molar-refractivity contribution in [3.63, 3.8) is 0 Å². The number of Topliss-reactive ketones (excluding diaryl/α,β-unsaturated/α-hetero) is 1. The molecule has 7 fully saturated rings. The van der Waals surface area contributed by atoms with Crippen LogP contribution in [0.5, 0.6) is 0 Å². The molecule has 7 rings (SSSR count). The van der Waals surface area contributed by atoms with Gasteiger partial charge in [0.2, 0.25) is 5.79 Å². The highest BCUT2D eigenvalue weighted by Crippen LogP contribution is 2.75. The average Bonchev–Trinajstić information content (AvgIpc) is 2.96. The third-order valence-corrected chi connectivity index (χ3v) is 12.2. The predicted octanol–water partition coefficient (Wildman–Crippen LogP) is 1.26. The molecule has 0 aromatic rings. The second-order valence-electron chi connectivity index (χ2n) is 14.4. The summed E-state index contributed by atoms with van der Waals surface area (Å²) in [6, 6.07) is 0. The van der Waals surface area contributed by atoms with Gasteiger partial charge in [-0.15, -0.1) is 0 Å². The van der Waals surface area contributed by atoms with Crippen molar-refractivity contribution in [1.29, 1.82) is 0 Å². The summed E-state index contributed by atoms with van der Waals surface area (Å²) in [7, 11) is 0. The van der Waals surface area contributed by atoms with Crippen LogP contribution in [0.15, 0.2) is 0 Å². The van der Waals surface area contributed by atoms with Crippen LogP contribution in [0.3, 0.4) is 0 Å². The number of hydrogen-bond donors (Lipinski definition) is 3. The van der Waals surface area contributed by atoms with E-state index in [2.05, 4.69) is 0 Å². The minimum absolute atomic E-state index is 0.0259. The van der Waals surface area contributed by atoms with Crippen LogP contribution in [-0.4, -0.2) is 80.0 Å². The van der Waals surface area contributed by atoms with Gasteiger partial charge in [0.15, 0.2) is 11.4 Å². The molecule has 0 amide bonds. The van der Waals surface area contributed by atoms with E-state index in [9.17, 15) is 29.7 Å². The predicted molar refractivity (Wildman–Crippen MR) is 132 cm³/mol. The van der Waals surface area contributed by atoms with Gasteiger partial charge in [0.1, 0.15) is 23.9 Å². The Bertz CT molecular complexity index is 1150. The van der Waals surface area contributed by atoms with Crippen molar-refractivity contribution in [1.82, 2.24) is 0 Å². The molecule has 10 heteroatoms. The second kappa shape index (κ2) is 7.62. The minimum atomic E-state index is -2.13. The monoisotopic (exact) mass is 548 g/mol. The molecule has 5 heterocycles. The number of carbonyl (C=O) groups is 3. The van der Waals surface area contributed by atoms with Crippen LogP contribution >= 0.6 is 0 Å². The lowest BCUT2D eigenvalue weighted by Crippen LogP contribution is -2.63. The first-order valence-corrected chi connectivity index (χ1v) is 14.6. The molecule has 2 bridgehead atoms. The SMILES string of the molecule is CC1CC(C(O)C(C)C2C3C4(O)OC5(CCC23C)C(CCC2C(C)(C)OC3CC(=O)OC32C5O)C4=O)OC1=O. The molecule has 0 aromatic heterocycles. The Balaban J connectivity index is 1.23. The summed E-state index contributed by atoms with van der Waals surface area (Å²) in [6.45, 7) is 9.51. The molecule has 2 saturated carbocycles. The number of rotatable bonds is 3. The van der Waals surface area contributed by atoms with Crippen molar-refractivity contribution in [3.8, 4) is 0 Å². The Kier molecular flexibility index (Phi) is 5.14. The van der Waals surface area contributed by atoms with Gasteiger partial charge in [0.25, 0.3) is 0 Å². The fourth-order valence-corrected chi connectivity index (χ4v) is 10.3. The number of fused-ring (bicyclic) bond motifs is 3. The highest BCUT2D eigenvalue weighted by atomic mass is 16.7. The normalized spacial score (nSPS) is 56.4. The Morgan fingerprint density at radius 1 is 1.08 bits per heavy atom. The van der Waals surface area contributed by atoms with Gasteiger partial charge in [-0.2, -0.15) is 0 Å². The van der Waals surface area contributed by atoms with Crippen LogP contribution in [0, 0.1) is 40.9 Å². The number of ketones is 1. The highest BCUT2D eigenvalue weighted by molar-refractivity contribution is 5.92. The highest BCUT2D eigenvalue weighted by Gasteiger charge is 2.85. The molecule has 2 aliphatic carbocycles. The molecule has 5 saturated heterocycles. The Labute approximate surface area is 227 Å². The Morgan fingerprint density at radius 3 is 2.46 bits per heavy atom. The summed E-state index contributed by atoms with van der Waals surface area (Å²) in [5.41, 5.74) is -3.96. The number of carbonyl (C=O) groups excluding carboxylic acids is 3. The van der Waals surface area contributed by atoms with Crippen molar-refractivity contribution in [2.24, 2.45) is 40.9 Å². The summed E-state index contributed by atoms with van der Waals surface area (Å²) >= 11 is 0. The first-order chi connectivity index (χ1) is 18.1. The fraction of sp³-hybridized carbons (Fsp3) is 0.897. The van der Waals surface area contributed by atoms with E-state index < -0.39 is 76.0 Å². The van der Waals surface area contributed by atoms with E-state index in [1.54, 1.807) is 6.92 Å². The molecule has 0 aromatic carbocycles. The maximum Gasteiger partial charge on any atom is 0.309 e. The second-order valence-corrected chi connectivity index (χ2v) is 14.4. The third-order valence-electron chi connectivity index (χ3n) is 12.2. The van der Waals surface area contributed by atoms with Crippen molar-refractivity contribution >= 4 is 17.7 Å². The molecule has 14 atom stereocenters. The molecule has 10 nitrogen and oxygen atoms in total. The van der Waals surface area contributed by atoms with Crippen LogP contribution in [-0.2, 0) is 33.3 Å². The van der Waals surface area contributed by atoms with Gasteiger partial charge in [0.05, 0.1) is 30.0 Å². The Morgan fingerprint density at radius 2 is 1.79 bits per heavy atom. The van der Waals surface area contributed by atoms with Crippen molar-refractivity contribution < 1.29 is 48.7 Å². The van der Waals surface area contributed by atoms with E-state index >= 15 is 0 Å². The van der Waals surface area contributed by atoms with Crippen LogP contribution in [0.25, 0.3) is 0 Å². The number of aliphatic hydroxyl groups excluding tert-OH is 2. The standard InChI is InChI=1S/C29H40O10/c1-12-10-15(36-23(12)33)20(31)13(2)19-21-26(19,5)8-9-27-14(22(32)29(21,35)39-27)6-7-16-25(3,4)37-17-11-18(30)38-28(16,17)24(27)34/h12-17,19-21,24,31,34-35H,6-11H2,1-5H3. The van der Waals surface area contributed by atoms with E-state index in [1.165, 1.54) is 0 Å². The molecule has 39 heavy (non-hydrogen) atoms. The first kappa shape index (κ1) is 26.3. The molecular weight excluding hydrogens is 508 g/mol. The third kappa shape index (κ3) is 2.97. The molecular formula is C29H40O10. The van der Waals surface area contributed by atoms with E-state index in [0.717, 1.165) is 0 Å². The van der Waals surface area contributed by atoms with E-state index in [-0.39, 0.29) is 36.1 Å².